The first kappa shape index (κ1) is 24.5. The molecule has 3 heterocycles. The number of aromatic amines is 1. The quantitative estimate of drug-likeness (QED) is 0.238. The lowest BCUT2D eigenvalue weighted by atomic mass is 9.99. The maximum absolute atomic E-state index is 13.4. The number of nitrogens with two attached hydrogens (primary N) is 1. The fourth-order valence-electron chi connectivity index (χ4n) is 4.13. The Balaban J connectivity index is 1.61. The summed E-state index contributed by atoms with van der Waals surface area (Å²) in [6.07, 6.45) is 5.17. The van der Waals surface area contributed by atoms with Gasteiger partial charge in [0.1, 0.15) is 22.2 Å². The minimum Gasteiger partial charge on any atom is -0.455 e. The molecule has 5 rings (SSSR count). The van der Waals surface area contributed by atoms with Crippen molar-refractivity contribution >= 4 is 40.0 Å². The van der Waals surface area contributed by atoms with Gasteiger partial charge >= 0.3 is 5.76 Å². The lowest BCUT2D eigenvalue weighted by molar-refractivity contribution is 0.388. The second-order valence-electron chi connectivity index (χ2n) is 9.09. The highest BCUT2D eigenvalue weighted by atomic mass is 35.5. The number of aliphatic imine (C=N–C) groups is 1. The average Bonchev–Trinajstić information content (AvgIpc) is 3.61. The van der Waals surface area contributed by atoms with Gasteiger partial charge in [-0.3, -0.25) is 19.3 Å². The number of halogens is 1. The molecule has 10 nitrogen and oxygen atoms in total. The number of allylic oxidation sites excluding steroid dienone is 1. The van der Waals surface area contributed by atoms with Gasteiger partial charge in [-0.25, -0.2) is 9.78 Å². The van der Waals surface area contributed by atoms with E-state index in [1.807, 2.05) is 26.0 Å². The summed E-state index contributed by atoms with van der Waals surface area (Å²) in [6, 6.07) is 7.05. The molecule has 0 saturated heterocycles. The fourth-order valence-corrected chi connectivity index (χ4v) is 4.27. The van der Waals surface area contributed by atoms with Crippen molar-refractivity contribution in [2.45, 2.75) is 45.7 Å². The van der Waals surface area contributed by atoms with Gasteiger partial charge in [0.15, 0.2) is 5.43 Å². The Labute approximate surface area is 216 Å². The van der Waals surface area contributed by atoms with E-state index in [1.54, 1.807) is 25.3 Å². The van der Waals surface area contributed by atoms with E-state index >= 15 is 0 Å². The molecule has 190 valence electrons. The first-order valence-corrected chi connectivity index (χ1v) is 12.2. The van der Waals surface area contributed by atoms with Crippen LogP contribution in [0.2, 0.25) is 5.15 Å². The van der Waals surface area contributed by atoms with Crippen LogP contribution in [-0.2, 0) is 0 Å². The van der Waals surface area contributed by atoms with E-state index in [1.165, 1.54) is 6.20 Å². The highest BCUT2D eigenvalue weighted by Crippen LogP contribution is 2.33. The topological polar surface area (TPSA) is 152 Å². The van der Waals surface area contributed by atoms with Gasteiger partial charge in [0.05, 0.1) is 28.7 Å². The second kappa shape index (κ2) is 9.70. The smallest absolute Gasteiger partial charge is 0.439 e. The SMILES string of the molecule is Cc1cc(C(C)Nc2ccc(Cl)nc2-c2noc(=O)[nH]2)c2oc(/C(C=NC3CC3)=C/N)c(C)c(=O)c2c1. The van der Waals surface area contributed by atoms with Crippen molar-refractivity contribution < 1.29 is 8.94 Å². The standard InChI is InChI=1S/C26H25ClN6O4/c1-12-8-17(14(3)30-19-6-7-20(27)31-21(19)25-32-26(35)37-33-25)24-18(9-12)22(34)13(2)23(36-24)15(10-28)11-29-16-4-5-16/h6-11,14,16,30H,4-5,28H2,1-3H3,(H,32,33,35)/b15-10+,29-11?. The molecule has 0 radical (unpaired) electrons. The minimum atomic E-state index is -0.709. The number of nitrogens with one attached hydrogen (secondary N) is 2. The van der Waals surface area contributed by atoms with E-state index < -0.39 is 5.76 Å². The van der Waals surface area contributed by atoms with Crippen molar-refractivity contribution in [3.05, 3.63) is 78.8 Å². The summed E-state index contributed by atoms with van der Waals surface area (Å²) in [4.78, 5) is 36.2. The molecule has 11 heteroatoms. The van der Waals surface area contributed by atoms with Crippen molar-refractivity contribution in [3.8, 4) is 11.5 Å². The molecule has 1 atom stereocenters. The summed E-state index contributed by atoms with van der Waals surface area (Å²) in [5, 5.41) is 7.80. The zero-order chi connectivity index (χ0) is 26.3. The first-order valence-electron chi connectivity index (χ1n) is 11.8. The molecule has 0 amide bonds. The molecule has 1 unspecified atom stereocenters. The second-order valence-corrected chi connectivity index (χ2v) is 9.47. The predicted octanol–water partition coefficient (Wildman–Crippen LogP) is 4.51. The van der Waals surface area contributed by atoms with Gasteiger partial charge in [0.25, 0.3) is 0 Å². The Bertz CT molecular complexity index is 1680. The Morgan fingerprint density at radius 3 is 2.76 bits per heavy atom. The molecule has 4 N–H and O–H groups in total. The molecular formula is C26H25ClN6O4. The summed E-state index contributed by atoms with van der Waals surface area (Å²) < 4.78 is 11.0. The van der Waals surface area contributed by atoms with Crippen LogP contribution in [0, 0.1) is 13.8 Å². The van der Waals surface area contributed by atoms with Crippen LogP contribution in [-0.4, -0.2) is 27.4 Å². The Hall–Kier alpha value is -4.18. The number of rotatable bonds is 7. The molecule has 0 spiro atoms. The average molecular weight is 521 g/mol. The van der Waals surface area contributed by atoms with Crippen LogP contribution in [0.1, 0.15) is 48.3 Å². The number of pyridine rings is 1. The van der Waals surface area contributed by atoms with E-state index in [-0.39, 0.29) is 22.4 Å². The van der Waals surface area contributed by atoms with Gasteiger partial charge in [-0.2, -0.15) is 0 Å². The van der Waals surface area contributed by atoms with Crippen LogP contribution in [0.15, 0.2) is 54.0 Å². The molecule has 3 aromatic heterocycles. The lowest BCUT2D eigenvalue weighted by Gasteiger charge is -2.20. The molecule has 0 bridgehead atoms. The van der Waals surface area contributed by atoms with Crippen LogP contribution in [0.5, 0.6) is 0 Å². The first-order chi connectivity index (χ1) is 17.7. The molecule has 4 aromatic rings. The zero-order valence-electron chi connectivity index (χ0n) is 20.5. The maximum atomic E-state index is 13.4. The number of hydrogen-bond acceptors (Lipinski definition) is 9. The molecule has 0 aliphatic heterocycles. The third-order valence-electron chi connectivity index (χ3n) is 6.17. The summed E-state index contributed by atoms with van der Waals surface area (Å²) in [6.45, 7) is 5.57. The van der Waals surface area contributed by atoms with Crippen molar-refractivity contribution in [1.82, 2.24) is 15.1 Å². The zero-order valence-corrected chi connectivity index (χ0v) is 21.2. The third-order valence-corrected chi connectivity index (χ3v) is 6.38. The van der Waals surface area contributed by atoms with E-state index in [0.717, 1.165) is 24.0 Å². The van der Waals surface area contributed by atoms with Crippen LogP contribution in [0.25, 0.3) is 28.1 Å². The maximum Gasteiger partial charge on any atom is 0.439 e. The number of aryl methyl sites for hydroxylation is 1. The number of fused-ring (bicyclic) bond motifs is 1. The van der Waals surface area contributed by atoms with Gasteiger partial charge in [0.2, 0.25) is 5.82 Å². The van der Waals surface area contributed by atoms with E-state index in [0.29, 0.717) is 45.3 Å². The minimum absolute atomic E-state index is 0.133. The summed E-state index contributed by atoms with van der Waals surface area (Å²) in [5.41, 5.74) is 9.72. The molecule has 1 aromatic carbocycles. The number of H-pyrrole nitrogens is 1. The number of anilines is 1. The summed E-state index contributed by atoms with van der Waals surface area (Å²) >= 11 is 6.10. The Kier molecular flexibility index (Phi) is 6.43. The van der Waals surface area contributed by atoms with E-state index in [4.69, 9.17) is 21.8 Å². The summed E-state index contributed by atoms with van der Waals surface area (Å²) in [7, 11) is 0. The van der Waals surface area contributed by atoms with Gasteiger partial charge in [-0.1, -0.05) is 22.8 Å². The number of hydrogen-bond donors (Lipinski definition) is 3. The highest BCUT2D eigenvalue weighted by Gasteiger charge is 2.23. The molecule has 1 saturated carbocycles. The fraction of sp³-hybridized carbons (Fsp3) is 0.269. The number of benzene rings is 1. The Morgan fingerprint density at radius 2 is 2.08 bits per heavy atom. The monoisotopic (exact) mass is 520 g/mol. The predicted molar refractivity (Wildman–Crippen MR) is 143 cm³/mol. The van der Waals surface area contributed by atoms with Crippen molar-refractivity contribution in [1.29, 1.82) is 0 Å². The molecule has 1 aliphatic carbocycles. The van der Waals surface area contributed by atoms with Crippen LogP contribution >= 0.6 is 11.6 Å². The van der Waals surface area contributed by atoms with Crippen LogP contribution < -0.4 is 22.2 Å². The van der Waals surface area contributed by atoms with Crippen molar-refractivity contribution in [3.63, 3.8) is 0 Å². The van der Waals surface area contributed by atoms with Gasteiger partial charge < -0.3 is 15.5 Å². The van der Waals surface area contributed by atoms with Crippen molar-refractivity contribution in [2.75, 3.05) is 5.32 Å². The van der Waals surface area contributed by atoms with Gasteiger partial charge in [-0.15, -0.1) is 0 Å². The molecule has 1 fully saturated rings. The molecule has 1 aliphatic rings. The molecular weight excluding hydrogens is 496 g/mol. The van der Waals surface area contributed by atoms with E-state index in [2.05, 4.69) is 30.0 Å². The summed E-state index contributed by atoms with van der Waals surface area (Å²) in [5.74, 6) is -0.191. The lowest BCUT2D eigenvalue weighted by Crippen LogP contribution is -2.14. The van der Waals surface area contributed by atoms with Crippen molar-refractivity contribution in [2.24, 2.45) is 10.7 Å². The van der Waals surface area contributed by atoms with Gasteiger partial charge in [0, 0.05) is 23.5 Å². The van der Waals surface area contributed by atoms with Gasteiger partial charge in [-0.05, 0) is 57.4 Å². The largest absolute Gasteiger partial charge is 0.455 e. The number of nitrogens with zero attached hydrogens (tertiary/aromatic N) is 3. The third kappa shape index (κ3) is 4.92. The van der Waals surface area contributed by atoms with Crippen LogP contribution in [0.4, 0.5) is 5.69 Å². The highest BCUT2D eigenvalue weighted by molar-refractivity contribution is 6.29. The molecule has 37 heavy (non-hydrogen) atoms. The normalized spacial score (nSPS) is 15.0. The van der Waals surface area contributed by atoms with E-state index in [9.17, 15) is 9.59 Å². The van der Waals surface area contributed by atoms with Crippen LogP contribution in [0.3, 0.4) is 0 Å². The Morgan fingerprint density at radius 1 is 1.30 bits per heavy atom. The number of aromatic nitrogens is 3.